The van der Waals surface area contributed by atoms with Crippen LogP contribution in [0.25, 0.3) is 0 Å². The Kier molecular flexibility index (Phi) is 13.9. The van der Waals surface area contributed by atoms with Gasteiger partial charge in [-0.25, -0.2) is 15.1 Å². The maximum absolute atomic E-state index is 12.6. The molecule has 0 saturated heterocycles. The Hall–Kier alpha value is -4.61. The van der Waals surface area contributed by atoms with Gasteiger partial charge >= 0.3 is 11.9 Å². The number of aliphatic carboxylic acids is 1. The molecule has 2 aromatic rings. The average Bonchev–Trinajstić information content (AvgIpc) is 2.90. The first-order valence-corrected chi connectivity index (χ1v) is 10.9. The third kappa shape index (κ3) is 12.6. The zero-order chi connectivity index (χ0) is 27.6. The fraction of sp³-hybridized carbons (Fsp3) is 0.192. The largest absolute Gasteiger partial charge is 0.478 e. The van der Waals surface area contributed by atoms with Crippen molar-refractivity contribution >= 4 is 35.2 Å². The number of aliphatic hydroxyl groups excluding tert-OH is 1. The molecule has 0 aliphatic carbocycles. The summed E-state index contributed by atoms with van der Waals surface area (Å²) in [4.78, 5) is 56.7. The molecule has 0 aliphatic rings. The highest BCUT2D eigenvalue weighted by Gasteiger charge is 2.15. The van der Waals surface area contributed by atoms with Crippen LogP contribution in [0.1, 0.15) is 11.1 Å². The van der Waals surface area contributed by atoms with E-state index in [4.69, 9.17) is 10.3 Å². The molecule has 4 N–H and O–H groups in total. The van der Waals surface area contributed by atoms with Gasteiger partial charge in [-0.2, -0.15) is 0 Å². The van der Waals surface area contributed by atoms with Crippen LogP contribution in [0, 0.1) is 0 Å². The van der Waals surface area contributed by atoms with Crippen LogP contribution in [0.4, 0.5) is 5.69 Å². The zero-order valence-electron chi connectivity index (χ0n) is 20.1. The fourth-order valence-electron chi connectivity index (χ4n) is 2.82. The van der Waals surface area contributed by atoms with Crippen LogP contribution in [0.3, 0.4) is 0 Å². The van der Waals surface area contributed by atoms with E-state index in [-0.39, 0.29) is 37.7 Å². The molecule has 0 saturated carbocycles. The molecule has 196 valence electrons. The van der Waals surface area contributed by atoms with Gasteiger partial charge in [0.15, 0.2) is 5.78 Å². The molecule has 0 spiro atoms. The lowest BCUT2D eigenvalue weighted by atomic mass is 10.0. The van der Waals surface area contributed by atoms with Crippen LogP contribution in [-0.2, 0) is 41.6 Å². The molecule has 2 amide bonds. The van der Waals surface area contributed by atoms with Crippen molar-refractivity contribution in [2.24, 2.45) is 0 Å². The number of benzene rings is 2. The third-order valence-electron chi connectivity index (χ3n) is 4.54. The number of nitrogens with zero attached hydrogens (tertiary/aromatic N) is 1. The lowest BCUT2D eigenvalue weighted by Crippen LogP contribution is -2.34. The summed E-state index contributed by atoms with van der Waals surface area (Å²) in [5.41, 5.74) is 3.66. The zero-order valence-corrected chi connectivity index (χ0v) is 20.1. The number of aliphatic hydroxyl groups is 1. The minimum absolute atomic E-state index is 0.101. The smallest absolute Gasteiger partial charge is 0.330 e. The van der Waals surface area contributed by atoms with E-state index < -0.39 is 17.8 Å². The molecule has 11 nitrogen and oxygen atoms in total. The van der Waals surface area contributed by atoms with Crippen molar-refractivity contribution in [1.82, 2.24) is 5.48 Å². The number of rotatable bonds is 11. The number of carbonyl (C=O) groups excluding carboxylic acids is 4. The van der Waals surface area contributed by atoms with Crippen LogP contribution in [0.5, 0.6) is 0 Å². The molecule has 0 bridgehead atoms. The van der Waals surface area contributed by atoms with E-state index in [1.807, 2.05) is 30.3 Å². The lowest BCUT2D eigenvalue weighted by Gasteiger charge is -2.22. The standard InChI is InChI=1S/C21H22N2O5.C5H6O4/c24-13-12-23(18-4-2-1-3-5-18)21(27)15-17-8-6-16(7-9-17)14-19(25)10-11-20(26)22-28;1-9-5(8)3-2-4(6)7/h1-11,24,28H,12-15H2,(H,22,26);2-3H,1H3,(H,6,7)/b11-10+;3-2+. The van der Waals surface area contributed by atoms with Crippen molar-refractivity contribution in [2.45, 2.75) is 12.8 Å². The molecule has 0 aromatic heterocycles. The van der Waals surface area contributed by atoms with Gasteiger partial charge in [-0.3, -0.25) is 19.6 Å². The third-order valence-corrected chi connectivity index (χ3v) is 4.54. The van der Waals surface area contributed by atoms with E-state index in [2.05, 4.69) is 4.74 Å². The highest BCUT2D eigenvalue weighted by Crippen LogP contribution is 2.15. The Morgan fingerprint density at radius 2 is 1.46 bits per heavy atom. The summed E-state index contributed by atoms with van der Waals surface area (Å²) in [7, 11) is 1.18. The SMILES string of the molecule is COC(=O)/C=C/C(=O)O.O=C(/C=C/C(=O)NO)Cc1ccc(CC(=O)N(CCO)c2ccccc2)cc1. The van der Waals surface area contributed by atoms with Gasteiger partial charge in [0.1, 0.15) is 0 Å². The van der Waals surface area contributed by atoms with Gasteiger partial charge in [0.05, 0.1) is 20.1 Å². The van der Waals surface area contributed by atoms with Gasteiger partial charge in [0.25, 0.3) is 5.91 Å². The normalized spacial score (nSPS) is 10.4. The molecule has 11 heteroatoms. The number of esters is 1. The molecule has 0 aliphatic heterocycles. The molecule has 0 fully saturated rings. The maximum Gasteiger partial charge on any atom is 0.330 e. The Morgan fingerprint density at radius 3 is 1.97 bits per heavy atom. The van der Waals surface area contributed by atoms with E-state index in [9.17, 15) is 29.1 Å². The summed E-state index contributed by atoms with van der Waals surface area (Å²) >= 11 is 0. The number of carbonyl (C=O) groups is 5. The van der Waals surface area contributed by atoms with E-state index >= 15 is 0 Å². The second kappa shape index (κ2) is 16.9. The highest BCUT2D eigenvalue weighted by molar-refractivity contribution is 5.98. The van der Waals surface area contributed by atoms with Gasteiger partial charge < -0.3 is 19.8 Å². The number of para-hydroxylation sites is 1. The van der Waals surface area contributed by atoms with Crippen molar-refractivity contribution in [3.05, 3.63) is 90.0 Å². The topological polar surface area (TPSA) is 171 Å². The van der Waals surface area contributed by atoms with Gasteiger partial charge in [0.2, 0.25) is 5.91 Å². The molecule has 37 heavy (non-hydrogen) atoms. The molecule has 0 unspecified atom stereocenters. The van der Waals surface area contributed by atoms with Crippen molar-refractivity contribution in [2.75, 3.05) is 25.2 Å². The van der Waals surface area contributed by atoms with E-state index in [0.717, 1.165) is 35.0 Å². The summed E-state index contributed by atoms with van der Waals surface area (Å²) in [5, 5.41) is 25.6. The average molecular weight is 513 g/mol. The molecular weight excluding hydrogens is 484 g/mol. The first-order chi connectivity index (χ1) is 17.7. The predicted molar refractivity (Wildman–Crippen MR) is 133 cm³/mol. The number of methoxy groups -OCH3 is 1. The highest BCUT2D eigenvalue weighted by atomic mass is 16.5. The van der Waals surface area contributed by atoms with Gasteiger partial charge in [-0.1, -0.05) is 42.5 Å². The number of allylic oxidation sites excluding steroid dienone is 1. The minimum Gasteiger partial charge on any atom is -0.478 e. The van der Waals surface area contributed by atoms with E-state index in [1.54, 1.807) is 24.3 Å². The second-order valence-electron chi connectivity index (χ2n) is 7.25. The fourth-order valence-corrected chi connectivity index (χ4v) is 2.82. The number of carboxylic acids is 1. The first kappa shape index (κ1) is 30.4. The van der Waals surface area contributed by atoms with E-state index in [1.165, 1.54) is 17.5 Å². The quantitative estimate of drug-likeness (QED) is 0.150. The summed E-state index contributed by atoms with van der Waals surface area (Å²) in [5.74, 6) is -3.03. The molecule has 2 aromatic carbocycles. The maximum atomic E-state index is 12.6. The van der Waals surface area contributed by atoms with Gasteiger partial charge in [-0.05, 0) is 29.3 Å². The summed E-state index contributed by atoms with van der Waals surface area (Å²) in [6.45, 7) is 0.0761. The number of hydrogen-bond donors (Lipinski definition) is 4. The van der Waals surface area contributed by atoms with Crippen molar-refractivity contribution in [3.8, 4) is 0 Å². The number of amides is 2. The van der Waals surface area contributed by atoms with Crippen LogP contribution in [0.15, 0.2) is 78.9 Å². The second-order valence-corrected chi connectivity index (χ2v) is 7.25. The Labute approximate surface area is 213 Å². The number of ketones is 1. The van der Waals surface area contributed by atoms with Crippen LogP contribution >= 0.6 is 0 Å². The number of hydrogen-bond acceptors (Lipinski definition) is 8. The minimum atomic E-state index is -1.17. The predicted octanol–water partition coefficient (Wildman–Crippen LogP) is 1.23. The lowest BCUT2D eigenvalue weighted by molar-refractivity contribution is -0.136. The number of hydroxylamine groups is 1. The number of ether oxygens (including phenoxy) is 1. The Balaban J connectivity index is 0.000000649. The van der Waals surface area contributed by atoms with E-state index in [0.29, 0.717) is 6.08 Å². The first-order valence-electron chi connectivity index (χ1n) is 10.9. The molecular formula is C26H28N2O9. The summed E-state index contributed by atoms with van der Waals surface area (Å²) in [6, 6.07) is 16.2. The van der Waals surface area contributed by atoms with Crippen molar-refractivity contribution in [1.29, 1.82) is 0 Å². The van der Waals surface area contributed by atoms with Gasteiger partial charge in [0, 0.05) is 36.9 Å². The van der Waals surface area contributed by atoms with Gasteiger partial charge in [-0.15, -0.1) is 0 Å². The van der Waals surface area contributed by atoms with Crippen molar-refractivity contribution in [3.63, 3.8) is 0 Å². The van der Waals surface area contributed by atoms with Crippen molar-refractivity contribution < 1.29 is 44.1 Å². The molecule has 0 radical (unpaired) electrons. The number of carboxylic acid groups (broad SMARTS) is 1. The Morgan fingerprint density at radius 1 is 0.865 bits per heavy atom. The number of nitrogens with one attached hydrogen (secondary N) is 1. The molecule has 2 rings (SSSR count). The Bertz CT molecular complexity index is 1110. The van der Waals surface area contributed by atoms with Crippen LogP contribution in [-0.4, -0.2) is 65.2 Å². The molecule has 0 atom stereocenters. The summed E-state index contributed by atoms with van der Waals surface area (Å²) < 4.78 is 4.11. The van der Waals surface area contributed by atoms with Crippen LogP contribution in [0.2, 0.25) is 0 Å². The monoisotopic (exact) mass is 512 g/mol. The number of anilines is 1. The molecule has 0 heterocycles. The summed E-state index contributed by atoms with van der Waals surface area (Å²) in [6.07, 6.45) is 3.86. The van der Waals surface area contributed by atoms with Crippen LogP contribution < -0.4 is 10.4 Å².